The first kappa shape index (κ1) is 23.1. The van der Waals surface area contributed by atoms with Crippen LogP contribution in [0.2, 0.25) is 0 Å². The number of aromatic nitrogens is 5. The number of thiophene rings is 1. The van der Waals surface area contributed by atoms with Crippen molar-refractivity contribution in [2.24, 2.45) is 13.0 Å². The smallest absolute Gasteiger partial charge is 0.170 e. The molecule has 1 atom stereocenters. The van der Waals surface area contributed by atoms with Crippen LogP contribution in [0.4, 0.5) is 0 Å². The van der Waals surface area contributed by atoms with Crippen molar-refractivity contribution >= 4 is 38.4 Å². The van der Waals surface area contributed by atoms with Gasteiger partial charge in [-0.05, 0) is 56.7 Å². The van der Waals surface area contributed by atoms with Crippen LogP contribution in [-0.2, 0) is 11.8 Å². The predicted octanol–water partition coefficient (Wildman–Crippen LogP) is 5.88. The molecule has 0 radical (unpaired) electrons. The summed E-state index contributed by atoms with van der Waals surface area (Å²) in [7, 11) is 1.91. The van der Waals surface area contributed by atoms with Gasteiger partial charge in [-0.2, -0.15) is 0 Å². The number of benzene rings is 1. The summed E-state index contributed by atoms with van der Waals surface area (Å²) in [5.74, 6) is 0.507. The van der Waals surface area contributed by atoms with Crippen LogP contribution in [0.3, 0.4) is 0 Å². The largest absolute Gasteiger partial charge is 0.381 e. The Labute approximate surface area is 213 Å². The molecule has 0 spiro atoms. The monoisotopic (exact) mass is 499 g/mol. The average Bonchev–Trinajstić information content (AvgIpc) is 3.51. The van der Waals surface area contributed by atoms with Gasteiger partial charge >= 0.3 is 0 Å². The fourth-order valence-electron chi connectivity index (χ4n) is 5.81. The van der Waals surface area contributed by atoms with Crippen LogP contribution < -0.4 is 0 Å². The van der Waals surface area contributed by atoms with E-state index in [9.17, 15) is 4.79 Å². The van der Waals surface area contributed by atoms with Crippen molar-refractivity contribution < 1.29 is 9.53 Å². The Morgan fingerprint density at radius 2 is 1.92 bits per heavy atom. The Morgan fingerprint density at radius 3 is 2.58 bits per heavy atom. The van der Waals surface area contributed by atoms with Gasteiger partial charge in [-0.1, -0.05) is 35.5 Å². The molecule has 4 aromatic heterocycles. The van der Waals surface area contributed by atoms with Gasteiger partial charge in [0.15, 0.2) is 5.78 Å². The Bertz CT molecular complexity index is 1570. The van der Waals surface area contributed by atoms with E-state index < -0.39 is 0 Å². The first-order chi connectivity index (χ1) is 17.5. The Hall–Kier alpha value is -3.36. The van der Waals surface area contributed by atoms with Crippen molar-refractivity contribution in [3.63, 3.8) is 0 Å². The van der Waals surface area contributed by atoms with Gasteiger partial charge in [-0.15, -0.1) is 16.4 Å². The van der Waals surface area contributed by atoms with Crippen LogP contribution in [0.25, 0.3) is 32.5 Å². The number of nitrogens with zero attached hydrogens (tertiary/aromatic N) is 5. The Morgan fingerprint density at radius 1 is 1.17 bits per heavy atom. The maximum Gasteiger partial charge on any atom is 0.170 e. The van der Waals surface area contributed by atoms with Crippen LogP contribution in [0, 0.1) is 19.8 Å². The van der Waals surface area contributed by atoms with Gasteiger partial charge in [-0.25, -0.2) is 4.68 Å². The lowest BCUT2D eigenvalue weighted by atomic mass is 9.86. The predicted molar refractivity (Wildman–Crippen MR) is 143 cm³/mol. The molecular formula is C28H29N5O2S. The minimum absolute atomic E-state index is 0.101. The number of ether oxygens (including phenoxy) is 1. The molecule has 1 unspecified atom stereocenters. The highest BCUT2D eigenvalue weighted by atomic mass is 32.1. The van der Waals surface area contributed by atoms with Crippen LogP contribution in [0.5, 0.6) is 0 Å². The summed E-state index contributed by atoms with van der Waals surface area (Å²) in [4.78, 5) is 18.4. The number of carbonyl (C=O) groups excluding carboxylic acids is 1. The highest BCUT2D eigenvalue weighted by Crippen LogP contribution is 2.45. The molecule has 1 aromatic carbocycles. The average molecular weight is 500 g/mol. The maximum atomic E-state index is 12.6. The SMILES string of the molecule is CC(=O)c1sc2c3ncc(-c4c(C)nnn4C)cc3n(C(c3ccccc3)C3CCOCC3)c2c1C. The van der Waals surface area contributed by atoms with Crippen molar-refractivity contribution in [1.82, 2.24) is 24.5 Å². The highest BCUT2D eigenvalue weighted by molar-refractivity contribution is 7.22. The Balaban J connectivity index is 1.70. The van der Waals surface area contributed by atoms with Crippen LogP contribution >= 0.6 is 11.3 Å². The number of aryl methyl sites for hydroxylation is 3. The molecule has 0 N–H and O–H groups in total. The molecule has 7 nitrogen and oxygen atoms in total. The van der Waals surface area contributed by atoms with E-state index in [1.807, 2.05) is 20.2 Å². The van der Waals surface area contributed by atoms with Crippen molar-refractivity contribution in [3.8, 4) is 11.3 Å². The molecule has 1 saturated heterocycles. The number of ketones is 1. The van der Waals surface area contributed by atoms with Gasteiger partial charge in [0, 0.05) is 32.0 Å². The second kappa shape index (κ2) is 8.94. The van der Waals surface area contributed by atoms with E-state index in [0.717, 1.165) is 74.7 Å². The summed E-state index contributed by atoms with van der Waals surface area (Å²) in [6, 6.07) is 13.1. The van der Waals surface area contributed by atoms with Gasteiger partial charge in [0.25, 0.3) is 0 Å². The molecule has 6 rings (SSSR count). The zero-order valence-corrected chi connectivity index (χ0v) is 21.8. The van der Waals surface area contributed by atoms with E-state index in [0.29, 0.717) is 5.92 Å². The zero-order chi connectivity index (χ0) is 25.0. The quantitative estimate of drug-likeness (QED) is 0.282. The van der Waals surface area contributed by atoms with Gasteiger partial charge in [0.2, 0.25) is 0 Å². The van der Waals surface area contributed by atoms with Gasteiger partial charge < -0.3 is 9.30 Å². The fourth-order valence-corrected chi connectivity index (χ4v) is 7.01. The second-order valence-electron chi connectivity index (χ2n) is 9.70. The molecule has 8 heteroatoms. The van der Waals surface area contributed by atoms with E-state index in [1.54, 1.807) is 22.9 Å². The van der Waals surface area contributed by atoms with Crippen LogP contribution in [0.1, 0.15) is 52.3 Å². The molecule has 1 aliphatic rings. The number of hydrogen-bond acceptors (Lipinski definition) is 6. The van der Waals surface area contributed by atoms with E-state index in [-0.39, 0.29) is 11.8 Å². The molecule has 5 heterocycles. The van der Waals surface area contributed by atoms with E-state index in [1.165, 1.54) is 5.56 Å². The standard InChI is InChI=1S/C28H29N5O2S/c1-16-24-28(36-27(16)18(3)34)23-22(14-21(15-29-23)25-17(2)30-31-32(25)4)33(24)26(19-8-6-5-7-9-19)20-10-12-35-13-11-20/h5-9,14-15,20,26H,10-13H2,1-4H3. The zero-order valence-electron chi connectivity index (χ0n) is 21.0. The van der Waals surface area contributed by atoms with Crippen LogP contribution in [-0.4, -0.2) is 43.5 Å². The molecular weight excluding hydrogens is 470 g/mol. The number of carbonyl (C=O) groups is 1. The topological polar surface area (TPSA) is 74.8 Å². The van der Waals surface area contributed by atoms with Gasteiger partial charge in [-0.3, -0.25) is 9.78 Å². The first-order valence-electron chi connectivity index (χ1n) is 12.4. The second-order valence-corrected chi connectivity index (χ2v) is 10.7. The molecule has 0 aliphatic carbocycles. The number of Topliss-reactive ketones (excluding diaryl/α,β-unsaturated/α-hetero) is 1. The molecule has 5 aromatic rings. The molecule has 0 saturated carbocycles. The number of pyridine rings is 1. The van der Waals surface area contributed by atoms with E-state index >= 15 is 0 Å². The normalized spacial score (nSPS) is 15.7. The number of hydrogen-bond donors (Lipinski definition) is 0. The summed E-state index contributed by atoms with van der Waals surface area (Å²) < 4.78 is 11.1. The summed E-state index contributed by atoms with van der Waals surface area (Å²) in [5, 5.41) is 8.47. The summed E-state index contributed by atoms with van der Waals surface area (Å²) in [6.07, 6.45) is 3.88. The van der Waals surface area contributed by atoms with Crippen molar-refractivity contribution in [2.75, 3.05) is 13.2 Å². The lowest BCUT2D eigenvalue weighted by molar-refractivity contribution is 0.0553. The third-order valence-electron chi connectivity index (χ3n) is 7.42. The molecule has 1 fully saturated rings. The summed E-state index contributed by atoms with van der Waals surface area (Å²) in [5.41, 5.74) is 8.26. The molecule has 184 valence electrons. The minimum Gasteiger partial charge on any atom is -0.381 e. The molecule has 36 heavy (non-hydrogen) atoms. The van der Waals surface area contributed by atoms with Crippen molar-refractivity contribution in [3.05, 3.63) is 64.3 Å². The van der Waals surface area contributed by atoms with Gasteiger partial charge in [0.1, 0.15) is 5.52 Å². The van der Waals surface area contributed by atoms with Crippen molar-refractivity contribution in [2.45, 2.75) is 39.7 Å². The number of fused-ring (bicyclic) bond motifs is 3. The van der Waals surface area contributed by atoms with Crippen molar-refractivity contribution in [1.29, 1.82) is 0 Å². The Kier molecular flexibility index (Phi) is 5.73. The molecule has 0 bridgehead atoms. The highest BCUT2D eigenvalue weighted by Gasteiger charge is 2.32. The fraction of sp³-hybridized carbons (Fsp3) is 0.357. The lowest BCUT2D eigenvalue weighted by Crippen LogP contribution is -2.27. The summed E-state index contributed by atoms with van der Waals surface area (Å²) >= 11 is 1.56. The third kappa shape index (κ3) is 3.59. The maximum absolute atomic E-state index is 12.6. The van der Waals surface area contributed by atoms with Crippen LogP contribution in [0.15, 0.2) is 42.6 Å². The minimum atomic E-state index is 0.101. The lowest BCUT2D eigenvalue weighted by Gasteiger charge is -2.33. The third-order valence-corrected chi connectivity index (χ3v) is 8.81. The summed E-state index contributed by atoms with van der Waals surface area (Å²) in [6.45, 7) is 7.23. The number of rotatable bonds is 5. The first-order valence-corrected chi connectivity index (χ1v) is 13.2. The van der Waals surface area contributed by atoms with Gasteiger partial charge in [0.05, 0.1) is 38.0 Å². The molecule has 0 amide bonds. The van der Waals surface area contributed by atoms with E-state index in [2.05, 4.69) is 58.2 Å². The molecule has 1 aliphatic heterocycles. The van der Waals surface area contributed by atoms with E-state index in [4.69, 9.17) is 9.72 Å².